The predicted octanol–water partition coefficient (Wildman–Crippen LogP) is 3.44. The minimum atomic E-state index is 0.794. The van der Waals surface area contributed by atoms with Crippen molar-refractivity contribution in [3.8, 4) is 0 Å². The molecule has 2 fully saturated rings. The van der Waals surface area contributed by atoms with Gasteiger partial charge in [0.2, 0.25) is 0 Å². The first-order valence-electron chi connectivity index (χ1n) is 7.22. The Hall–Kier alpha value is -0.610. The van der Waals surface area contributed by atoms with E-state index in [0.717, 1.165) is 34.8 Å². The molecule has 2 atom stereocenters. The Labute approximate surface area is 123 Å². The number of aryl methyl sites for hydroxylation is 1. The molecule has 2 aliphatic heterocycles. The SMILES string of the molecule is Cc1ccnc(NCC2CC3CCC(C2)N3C)c1Br. The number of nitrogens with zero attached hydrogens (tertiary/aromatic N) is 2. The van der Waals surface area contributed by atoms with Gasteiger partial charge in [-0.05, 0) is 73.1 Å². The summed E-state index contributed by atoms with van der Waals surface area (Å²) in [6, 6.07) is 3.67. The first-order chi connectivity index (χ1) is 9.15. The molecular weight excluding hydrogens is 302 g/mol. The summed E-state index contributed by atoms with van der Waals surface area (Å²) >= 11 is 3.62. The zero-order chi connectivity index (χ0) is 13.4. The standard InChI is InChI=1S/C15H22BrN3/c1-10-5-6-17-15(14(10)16)18-9-11-7-12-3-4-13(8-11)19(12)2/h5-6,11-13H,3-4,7-9H2,1-2H3,(H,17,18). The van der Waals surface area contributed by atoms with Crippen LogP contribution in [0.3, 0.4) is 0 Å². The number of aromatic nitrogens is 1. The molecule has 4 heteroatoms. The second-order valence-electron chi connectivity index (χ2n) is 6.06. The average Bonchev–Trinajstić information content (AvgIpc) is 2.64. The molecule has 0 amide bonds. The Morgan fingerprint density at radius 1 is 1.37 bits per heavy atom. The topological polar surface area (TPSA) is 28.2 Å². The van der Waals surface area contributed by atoms with E-state index >= 15 is 0 Å². The highest BCUT2D eigenvalue weighted by atomic mass is 79.9. The largest absolute Gasteiger partial charge is 0.369 e. The third-order valence-electron chi connectivity index (χ3n) is 4.84. The number of fused-ring (bicyclic) bond motifs is 2. The molecule has 0 radical (unpaired) electrons. The van der Waals surface area contributed by atoms with Gasteiger partial charge in [0.1, 0.15) is 5.82 Å². The number of rotatable bonds is 3. The van der Waals surface area contributed by atoms with Crippen LogP contribution in [0, 0.1) is 12.8 Å². The summed E-state index contributed by atoms with van der Waals surface area (Å²) in [5.41, 5.74) is 1.24. The average molecular weight is 324 g/mol. The van der Waals surface area contributed by atoms with Crippen LogP contribution in [0.15, 0.2) is 16.7 Å². The Kier molecular flexibility index (Phi) is 3.81. The van der Waals surface area contributed by atoms with Crippen molar-refractivity contribution >= 4 is 21.7 Å². The number of halogens is 1. The van der Waals surface area contributed by atoms with Crippen LogP contribution in [0.5, 0.6) is 0 Å². The van der Waals surface area contributed by atoms with Gasteiger partial charge in [-0.2, -0.15) is 0 Å². The predicted molar refractivity (Wildman–Crippen MR) is 82.5 cm³/mol. The Balaban J connectivity index is 1.60. The molecule has 3 heterocycles. The molecule has 0 saturated carbocycles. The van der Waals surface area contributed by atoms with Crippen LogP contribution in [0.1, 0.15) is 31.2 Å². The summed E-state index contributed by atoms with van der Waals surface area (Å²) in [6.07, 6.45) is 7.34. The maximum atomic E-state index is 4.42. The van der Waals surface area contributed by atoms with Gasteiger partial charge in [0.25, 0.3) is 0 Å². The fraction of sp³-hybridized carbons (Fsp3) is 0.667. The molecule has 104 valence electrons. The second-order valence-corrected chi connectivity index (χ2v) is 6.85. The van der Waals surface area contributed by atoms with Crippen molar-refractivity contribution in [2.75, 3.05) is 18.9 Å². The lowest BCUT2D eigenvalue weighted by Gasteiger charge is -2.36. The zero-order valence-electron chi connectivity index (χ0n) is 11.7. The van der Waals surface area contributed by atoms with Crippen molar-refractivity contribution in [2.24, 2.45) is 5.92 Å². The molecule has 0 spiro atoms. The van der Waals surface area contributed by atoms with Crippen molar-refractivity contribution in [1.29, 1.82) is 0 Å². The van der Waals surface area contributed by atoms with E-state index in [4.69, 9.17) is 0 Å². The van der Waals surface area contributed by atoms with Crippen LogP contribution >= 0.6 is 15.9 Å². The maximum absolute atomic E-state index is 4.42. The number of pyridine rings is 1. The van der Waals surface area contributed by atoms with E-state index < -0.39 is 0 Å². The summed E-state index contributed by atoms with van der Waals surface area (Å²) in [4.78, 5) is 7.02. The van der Waals surface area contributed by atoms with Crippen LogP contribution < -0.4 is 5.32 Å². The van der Waals surface area contributed by atoms with Gasteiger partial charge >= 0.3 is 0 Å². The molecular formula is C15H22BrN3. The van der Waals surface area contributed by atoms with E-state index in [2.05, 4.69) is 45.1 Å². The lowest BCUT2D eigenvalue weighted by atomic mass is 9.91. The smallest absolute Gasteiger partial charge is 0.140 e. The van der Waals surface area contributed by atoms with E-state index in [1.54, 1.807) is 0 Å². The lowest BCUT2D eigenvalue weighted by molar-refractivity contribution is 0.139. The van der Waals surface area contributed by atoms with Gasteiger partial charge < -0.3 is 10.2 Å². The van der Waals surface area contributed by atoms with Gasteiger partial charge in [-0.15, -0.1) is 0 Å². The van der Waals surface area contributed by atoms with E-state index in [1.165, 1.54) is 31.2 Å². The fourth-order valence-corrected chi connectivity index (χ4v) is 3.97. The molecule has 0 aromatic carbocycles. The first kappa shape index (κ1) is 13.4. The number of piperidine rings is 1. The number of anilines is 1. The normalized spacial score (nSPS) is 30.6. The molecule has 3 nitrogen and oxygen atoms in total. The van der Waals surface area contributed by atoms with Crippen molar-refractivity contribution in [3.05, 3.63) is 22.3 Å². The summed E-state index contributed by atoms with van der Waals surface area (Å²) in [7, 11) is 2.30. The van der Waals surface area contributed by atoms with Gasteiger partial charge in [0.05, 0.1) is 4.47 Å². The summed E-state index contributed by atoms with van der Waals surface area (Å²) in [5.74, 6) is 1.79. The second kappa shape index (κ2) is 5.41. The minimum Gasteiger partial charge on any atom is -0.369 e. The third kappa shape index (κ3) is 2.65. The number of hydrogen-bond donors (Lipinski definition) is 1. The molecule has 1 aromatic heterocycles. The highest BCUT2D eigenvalue weighted by Crippen LogP contribution is 2.37. The molecule has 19 heavy (non-hydrogen) atoms. The minimum absolute atomic E-state index is 0.794. The molecule has 3 rings (SSSR count). The quantitative estimate of drug-likeness (QED) is 0.923. The summed E-state index contributed by atoms with van der Waals surface area (Å²) in [6.45, 7) is 3.16. The van der Waals surface area contributed by atoms with Crippen LogP contribution in [-0.4, -0.2) is 35.6 Å². The molecule has 1 aromatic rings. The lowest BCUT2D eigenvalue weighted by Crippen LogP contribution is -2.41. The van der Waals surface area contributed by atoms with Crippen molar-refractivity contribution in [3.63, 3.8) is 0 Å². The molecule has 0 aliphatic carbocycles. The molecule has 2 bridgehead atoms. The van der Waals surface area contributed by atoms with Crippen molar-refractivity contribution < 1.29 is 0 Å². The summed E-state index contributed by atoms with van der Waals surface area (Å²) < 4.78 is 1.10. The van der Waals surface area contributed by atoms with Gasteiger partial charge in [-0.25, -0.2) is 4.98 Å². The van der Waals surface area contributed by atoms with Gasteiger partial charge in [-0.1, -0.05) is 0 Å². The van der Waals surface area contributed by atoms with Crippen LogP contribution in [-0.2, 0) is 0 Å². The van der Waals surface area contributed by atoms with Gasteiger partial charge in [-0.3, -0.25) is 0 Å². The molecule has 2 aliphatic rings. The zero-order valence-corrected chi connectivity index (χ0v) is 13.3. The van der Waals surface area contributed by atoms with Crippen LogP contribution in [0.2, 0.25) is 0 Å². The van der Waals surface area contributed by atoms with Gasteiger partial charge in [0, 0.05) is 24.8 Å². The fourth-order valence-electron chi connectivity index (χ4n) is 3.60. The Morgan fingerprint density at radius 2 is 2.05 bits per heavy atom. The highest BCUT2D eigenvalue weighted by Gasteiger charge is 2.38. The molecule has 2 unspecified atom stereocenters. The molecule has 2 saturated heterocycles. The van der Waals surface area contributed by atoms with E-state index in [9.17, 15) is 0 Å². The van der Waals surface area contributed by atoms with Crippen molar-refractivity contribution in [2.45, 2.75) is 44.7 Å². The van der Waals surface area contributed by atoms with E-state index in [0.29, 0.717) is 0 Å². The summed E-state index contributed by atoms with van der Waals surface area (Å²) in [5, 5.41) is 3.53. The Bertz CT molecular complexity index is 449. The monoisotopic (exact) mass is 323 g/mol. The highest BCUT2D eigenvalue weighted by molar-refractivity contribution is 9.10. The number of hydrogen-bond acceptors (Lipinski definition) is 3. The first-order valence-corrected chi connectivity index (χ1v) is 8.01. The van der Waals surface area contributed by atoms with Crippen LogP contribution in [0.4, 0.5) is 5.82 Å². The van der Waals surface area contributed by atoms with E-state index in [-0.39, 0.29) is 0 Å². The van der Waals surface area contributed by atoms with Crippen LogP contribution in [0.25, 0.3) is 0 Å². The van der Waals surface area contributed by atoms with E-state index in [1.807, 2.05) is 12.3 Å². The van der Waals surface area contributed by atoms with Crippen molar-refractivity contribution in [1.82, 2.24) is 9.88 Å². The maximum Gasteiger partial charge on any atom is 0.140 e. The Morgan fingerprint density at radius 3 is 2.74 bits per heavy atom. The third-order valence-corrected chi connectivity index (χ3v) is 5.84. The number of nitrogens with one attached hydrogen (secondary N) is 1. The molecule has 1 N–H and O–H groups in total. The van der Waals surface area contributed by atoms with Gasteiger partial charge in [0.15, 0.2) is 0 Å².